The predicted molar refractivity (Wildman–Crippen MR) is 97.5 cm³/mol. The smallest absolute Gasteiger partial charge is 0.416 e. The van der Waals surface area contributed by atoms with Crippen LogP contribution in [-0.4, -0.2) is 26.3 Å². The van der Waals surface area contributed by atoms with E-state index >= 15 is 0 Å². The van der Waals surface area contributed by atoms with E-state index < -0.39 is 11.7 Å². The third-order valence-electron chi connectivity index (χ3n) is 4.29. The van der Waals surface area contributed by atoms with E-state index in [2.05, 4.69) is 11.6 Å². The average molecular weight is 377 g/mol. The molecule has 7 heteroatoms. The lowest BCUT2D eigenvalue weighted by Gasteiger charge is -2.14. The molecule has 1 heterocycles. The van der Waals surface area contributed by atoms with Crippen molar-refractivity contribution < 1.29 is 27.4 Å². The van der Waals surface area contributed by atoms with Crippen LogP contribution in [0.1, 0.15) is 16.8 Å². The molecule has 0 saturated heterocycles. The van der Waals surface area contributed by atoms with E-state index in [4.69, 9.17) is 14.2 Å². The zero-order valence-electron chi connectivity index (χ0n) is 15.0. The summed E-state index contributed by atoms with van der Waals surface area (Å²) in [5.74, 6) is 1.37. The number of hydrogen-bond donors (Lipinski definition) is 1. The van der Waals surface area contributed by atoms with Gasteiger partial charge in [-0.2, -0.15) is 13.2 Å². The second-order valence-electron chi connectivity index (χ2n) is 5.88. The van der Waals surface area contributed by atoms with Crippen LogP contribution in [0.3, 0.4) is 0 Å². The van der Waals surface area contributed by atoms with Gasteiger partial charge in [-0.05, 0) is 47.5 Å². The zero-order valence-corrected chi connectivity index (χ0v) is 15.0. The maximum atomic E-state index is 12.9. The van der Waals surface area contributed by atoms with Crippen LogP contribution in [0.25, 0.3) is 16.5 Å². The first kappa shape index (κ1) is 18.7. The fraction of sp³-hybridized carbons (Fsp3) is 0.200. The van der Waals surface area contributed by atoms with Crippen LogP contribution in [0.4, 0.5) is 13.2 Å². The van der Waals surface area contributed by atoms with Crippen LogP contribution < -0.4 is 14.2 Å². The summed E-state index contributed by atoms with van der Waals surface area (Å²) >= 11 is 0. The third-order valence-corrected chi connectivity index (χ3v) is 4.29. The zero-order chi connectivity index (χ0) is 19.8. The fourth-order valence-electron chi connectivity index (χ4n) is 2.88. The first-order chi connectivity index (χ1) is 12.8. The number of H-pyrrole nitrogens is 1. The van der Waals surface area contributed by atoms with Crippen molar-refractivity contribution in [3.05, 3.63) is 59.8 Å². The van der Waals surface area contributed by atoms with E-state index in [1.165, 1.54) is 27.4 Å². The minimum Gasteiger partial charge on any atom is -0.493 e. The molecule has 0 aliphatic rings. The molecule has 0 saturated carbocycles. The first-order valence-electron chi connectivity index (χ1n) is 7.98. The van der Waals surface area contributed by atoms with Crippen molar-refractivity contribution in [1.29, 1.82) is 0 Å². The normalized spacial score (nSPS) is 11.5. The number of methoxy groups -OCH3 is 3. The molecule has 0 bridgehead atoms. The molecule has 4 nitrogen and oxygen atoms in total. The van der Waals surface area contributed by atoms with Crippen LogP contribution in [0.15, 0.2) is 43.0 Å². The summed E-state index contributed by atoms with van der Waals surface area (Å²) in [6.07, 6.45) is -4.39. The SMILES string of the molecule is C=C(c1cc(OC)c(OC)c(OC)c1)c1cc2cc(C(F)(F)F)ccc2[nH]1. The summed E-state index contributed by atoms with van der Waals surface area (Å²) in [4.78, 5) is 3.10. The van der Waals surface area contributed by atoms with Crippen molar-refractivity contribution in [2.24, 2.45) is 0 Å². The summed E-state index contributed by atoms with van der Waals surface area (Å²) in [5.41, 5.74) is 1.76. The van der Waals surface area contributed by atoms with Gasteiger partial charge >= 0.3 is 6.18 Å². The molecule has 0 aliphatic heterocycles. The van der Waals surface area contributed by atoms with E-state index in [9.17, 15) is 13.2 Å². The molecule has 0 unspecified atom stereocenters. The fourth-order valence-corrected chi connectivity index (χ4v) is 2.88. The lowest BCUT2D eigenvalue weighted by molar-refractivity contribution is -0.137. The Hall–Kier alpha value is -3.09. The van der Waals surface area contributed by atoms with Gasteiger partial charge < -0.3 is 19.2 Å². The number of benzene rings is 2. The Balaban J connectivity index is 2.05. The van der Waals surface area contributed by atoms with Crippen molar-refractivity contribution in [2.75, 3.05) is 21.3 Å². The number of aromatic nitrogens is 1. The lowest BCUT2D eigenvalue weighted by atomic mass is 10.0. The number of hydrogen-bond acceptors (Lipinski definition) is 3. The number of halogens is 3. The molecule has 0 radical (unpaired) electrons. The van der Waals surface area contributed by atoms with Crippen LogP contribution in [0.5, 0.6) is 17.2 Å². The number of alkyl halides is 3. The molecule has 27 heavy (non-hydrogen) atoms. The molecule has 142 valence electrons. The Morgan fingerprint density at radius 1 is 0.926 bits per heavy atom. The highest BCUT2D eigenvalue weighted by Gasteiger charge is 2.30. The van der Waals surface area contributed by atoms with Crippen LogP contribution >= 0.6 is 0 Å². The Bertz CT molecular complexity index is 980. The van der Waals surface area contributed by atoms with Gasteiger partial charge in [-0.15, -0.1) is 0 Å². The molecule has 1 N–H and O–H groups in total. The molecule has 0 fully saturated rings. The van der Waals surface area contributed by atoms with E-state index in [0.717, 1.165) is 12.1 Å². The molecule has 0 atom stereocenters. The quantitative estimate of drug-likeness (QED) is 0.658. The van der Waals surface area contributed by atoms with Gasteiger partial charge in [-0.3, -0.25) is 0 Å². The highest BCUT2D eigenvalue weighted by atomic mass is 19.4. The van der Waals surface area contributed by atoms with Crippen LogP contribution in [-0.2, 0) is 6.18 Å². The summed E-state index contributed by atoms with van der Waals surface area (Å²) < 4.78 is 54.7. The van der Waals surface area contributed by atoms with Crippen molar-refractivity contribution in [3.63, 3.8) is 0 Å². The molecular weight excluding hydrogens is 359 g/mol. The minimum absolute atomic E-state index is 0.447. The monoisotopic (exact) mass is 377 g/mol. The second kappa shape index (κ2) is 6.90. The number of rotatable bonds is 5. The van der Waals surface area contributed by atoms with Crippen molar-refractivity contribution in [1.82, 2.24) is 4.98 Å². The summed E-state index contributed by atoms with van der Waals surface area (Å²) in [5, 5.41) is 0.452. The van der Waals surface area contributed by atoms with Gasteiger partial charge in [0.15, 0.2) is 11.5 Å². The maximum Gasteiger partial charge on any atom is 0.416 e. The Morgan fingerprint density at radius 3 is 2.07 bits per heavy atom. The van der Waals surface area contributed by atoms with Crippen molar-refractivity contribution >= 4 is 16.5 Å². The molecule has 2 aromatic carbocycles. The van der Waals surface area contributed by atoms with E-state index in [1.807, 2.05) is 0 Å². The number of aromatic amines is 1. The Labute approximate surface area is 154 Å². The van der Waals surface area contributed by atoms with E-state index in [0.29, 0.717) is 45.0 Å². The van der Waals surface area contributed by atoms with E-state index in [-0.39, 0.29) is 0 Å². The molecular formula is C20H18F3NO3. The predicted octanol–water partition coefficient (Wildman–Crippen LogP) is 5.27. The third kappa shape index (κ3) is 3.45. The van der Waals surface area contributed by atoms with Gasteiger partial charge in [0.25, 0.3) is 0 Å². The van der Waals surface area contributed by atoms with Gasteiger partial charge in [0, 0.05) is 16.6 Å². The van der Waals surface area contributed by atoms with Gasteiger partial charge in [0.05, 0.1) is 26.9 Å². The molecule has 3 rings (SSSR count). The molecule has 0 aliphatic carbocycles. The largest absolute Gasteiger partial charge is 0.493 e. The standard InChI is InChI=1S/C20H18F3NO3/c1-11(12-9-17(25-2)19(27-4)18(10-12)26-3)16-8-13-7-14(20(21,22)23)5-6-15(13)24-16/h5-10,24H,1H2,2-4H3. The molecule has 0 amide bonds. The summed E-state index contributed by atoms with van der Waals surface area (Å²) in [6.45, 7) is 4.06. The second-order valence-corrected chi connectivity index (χ2v) is 5.88. The van der Waals surface area contributed by atoms with Crippen molar-refractivity contribution in [3.8, 4) is 17.2 Å². The molecule has 0 spiro atoms. The van der Waals surface area contributed by atoms with Gasteiger partial charge in [0.1, 0.15) is 0 Å². The van der Waals surface area contributed by atoms with Gasteiger partial charge in [-0.1, -0.05) is 6.58 Å². The minimum atomic E-state index is -4.39. The Kier molecular flexibility index (Phi) is 4.78. The number of fused-ring (bicyclic) bond motifs is 1. The first-order valence-corrected chi connectivity index (χ1v) is 7.98. The summed E-state index contributed by atoms with van der Waals surface area (Å²) in [7, 11) is 4.52. The lowest BCUT2D eigenvalue weighted by Crippen LogP contribution is -2.03. The topological polar surface area (TPSA) is 43.5 Å². The number of ether oxygens (including phenoxy) is 3. The highest BCUT2D eigenvalue weighted by molar-refractivity contribution is 5.89. The van der Waals surface area contributed by atoms with Crippen molar-refractivity contribution in [2.45, 2.75) is 6.18 Å². The average Bonchev–Trinajstić information content (AvgIpc) is 3.08. The van der Waals surface area contributed by atoms with Gasteiger partial charge in [-0.25, -0.2) is 0 Å². The van der Waals surface area contributed by atoms with E-state index in [1.54, 1.807) is 18.2 Å². The highest BCUT2D eigenvalue weighted by Crippen LogP contribution is 2.41. The summed E-state index contributed by atoms with van der Waals surface area (Å²) in [6, 6.07) is 8.66. The van der Waals surface area contributed by atoms with Crippen LogP contribution in [0.2, 0.25) is 0 Å². The van der Waals surface area contributed by atoms with Gasteiger partial charge in [0.2, 0.25) is 5.75 Å². The number of nitrogens with one attached hydrogen (secondary N) is 1. The molecule has 1 aromatic heterocycles. The Morgan fingerprint density at radius 2 is 1.56 bits per heavy atom. The molecule has 3 aromatic rings. The van der Waals surface area contributed by atoms with Crippen LogP contribution in [0, 0.1) is 0 Å². The maximum absolute atomic E-state index is 12.9.